The first-order chi connectivity index (χ1) is 31.8. The van der Waals surface area contributed by atoms with Gasteiger partial charge in [-0.2, -0.15) is 0 Å². The molecule has 394 valence electrons. The number of hydrogen-bond donors (Lipinski definition) is 8. The van der Waals surface area contributed by atoms with Gasteiger partial charge < -0.3 is 49.3 Å². The molecule has 1 aliphatic carbocycles. The van der Waals surface area contributed by atoms with Crippen molar-refractivity contribution >= 4 is 35.4 Å². The molecule has 19 nitrogen and oxygen atoms in total. The Balaban J connectivity index is 2.72. The van der Waals surface area contributed by atoms with Gasteiger partial charge in [-0.3, -0.25) is 27.7 Å². The van der Waals surface area contributed by atoms with Gasteiger partial charge in [0.05, 0.1) is 6.61 Å². The number of phosphoric ester groups is 3. The van der Waals surface area contributed by atoms with Crippen LogP contribution in [0.2, 0.25) is 0 Å². The molecule has 1 unspecified atom stereocenters. The van der Waals surface area contributed by atoms with Gasteiger partial charge in [-0.1, -0.05) is 141 Å². The molecule has 0 radical (unpaired) electrons. The van der Waals surface area contributed by atoms with Crippen LogP contribution in [0.25, 0.3) is 0 Å². The third-order valence-corrected chi connectivity index (χ3v) is 13.3. The summed E-state index contributed by atoms with van der Waals surface area (Å²) in [6.45, 7) is 2.93. The summed E-state index contributed by atoms with van der Waals surface area (Å²) < 4.78 is 65.5. The minimum atomic E-state index is -5.60. The monoisotopic (exact) mass is 1020 g/mol. The Morgan fingerprint density at radius 2 is 0.821 bits per heavy atom. The first kappa shape index (κ1) is 63.6. The number of hydrogen-bond acceptors (Lipinski definition) is 14. The van der Waals surface area contributed by atoms with Gasteiger partial charge in [0.2, 0.25) is 0 Å². The molecule has 8 atom stereocenters. The highest BCUT2D eigenvalue weighted by Gasteiger charge is 2.56. The van der Waals surface area contributed by atoms with E-state index in [1.807, 2.05) is 0 Å². The third kappa shape index (κ3) is 33.8. The molecule has 0 aromatic heterocycles. The van der Waals surface area contributed by atoms with E-state index in [4.69, 9.17) is 18.5 Å². The zero-order valence-electron chi connectivity index (χ0n) is 40.0. The van der Waals surface area contributed by atoms with Crippen LogP contribution in [-0.2, 0) is 50.9 Å². The highest BCUT2D eigenvalue weighted by molar-refractivity contribution is 7.47. The molecule has 0 amide bonds. The van der Waals surface area contributed by atoms with E-state index < -0.39 is 91.3 Å². The minimum Gasteiger partial charge on any atom is -0.462 e. The van der Waals surface area contributed by atoms with Gasteiger partial charge in [-0.05, 0) is 64.2 Å². The SMILES string of the molecule is CCCCCCC/C=C\CCCCCCCCC(=O)OC[C@@H](COP(=O)(O)O[C@@H]1[C@H](O)[C@H](O)[C@@H](OP(=O)(O)O)[C@H](OP(=O)(O)O)[C@H]1O)OC(=O)CCCCCCCC/C=C\CCCCCCC. The molecule has 1 saturated carbocycles. The van der Waals surface area contributed by atoms with E-state index in [0.29, 0.717) is 12.8 Å². The van der Waals surface area contributed by atoms with E-state index in [9.17, 15) is 63.1 Å². The number of rotatable bonds is 42. The van der Waals surface area contributed by atoms with Crippen LogP contribution in [0.5, 0.6) is 0 Å². The topological polar surface area (TPSA) is 303 Å². The van der Waals surface area contributed by atoms with Gasteiger partial charge in [0.25, 0.3) is 0 Å². The Hall–Kier alpha value is -1.37. The van der Waals surface area contributed by atoms with Crippen molar-refractivity contribution in [3.63, 3.8) is 0 Å². The molecule has 1 rings (SSSR count). The quantitative estimate of drug-likeness (QED) is 0.0122. The van der Waals surface area contributed by atoms with E-state index in [0.717, 1.165) is 89.9 Å². The van der Waals surface area contributed by atoms with Gasteiger partial charge in [0.1, 0.15) is 43.2 Å². The zero-order chi connectivity index (χ0) is 50.0. The van der Waals surface area contributed by atoms with Crippen molar-refractivity contribution < 1.29 is 90.6 Å². The van der Waals surface area contributed by atoms with Crippen LogP contribution in [0.3, 0.4) is 0 Å². The Kier molecular flexibility index (Phi) is 35.5. The molecular weight excluding hydrogens is 937 g/mol. The second-order valence-electron chi connectivity index (χ2n) is 17.4. The van der Waals surface area contributed by atoms with Crippen LogP contribution >= 0.6 is 23.5 Å². The van der Waals surface area contributed by atoms with Crippen molar-refractivity contribution in [3.05, 3.63) is 24.3 Å². The smallest absolute Gasteiger partial charge is 0.462 e. The van der Waals surface area contributed by atoms with Crippen molar-refractivity contribution in [2.45, 2.75) is 236 Å². The molecular formula is C45H85O19P3. The predicted molar refractivity (Wildman–Crippen MR) is 252 cm³/mol. The molecule has 0 aromatic carbocycles. The van der Waals surface area contributed by atoms with Gasteiger partial charge >= 0.3 is 35.4 Å². The summed E-state index contributed by atoms with van der Waals surface area (Å²) in [7, 11) is -16.6. The predicted octanol–water partition coefficient (Wildman–Crippen LogP) is 9.07. The number of carbonyl (C=O) groups is 2. The van der Waals surface area contributed by atoms with Crippen LogP contribution < -0.4 is 0 Å². The maximum atomic E-state index is 13.1. The van der Waals surface area contributed by atoms with E-state index in [2.05, 4.69) is 47.2 Å². The standard InChI is InChI=1S/C45H85O19P3/c1-3-5-7-9-11-13-15-17-19-21-23-25-27-29-31-33-38(46)59-35-37(61-39(47)34-32-30-28-26-24-22-20-18-16-14-12-10-8-6-4-2)36-60-67(57,58)64-43-40(48)41(49)44(62-65(51,52)53)45(42(43)50)63-66(54,55)56/h15-18,37,40-45,48-50H,3-14,19-36H2,1-2H3,(H,57,58)(H2,51,52,53)(H2,54,55,56)/b17-15-,18-16-/t37-,40+,41-,42-,43+,44+,45+/m0/s1. The fourth-order valence-electron chi connectivity index (χ4n) is 7.51. The second-order valence-corrected chi connectivity index (χ2v) is 21.2. The van der Waals surface area contributed by atoms with Crippen LogP contribution in [0, 0.1) is 0 Å². The number of ether oxygens (including phenoxy) is 2. The molecule has 0 heterocycles. The molecule has 0 spiro atoms. The fraction of sp³-hybridized carbons (Fsp3) is 0.867. The molecule has 22 heteroatoms. The maximum absolute atomic E-state index is 13.1. The summed E-state index contributed by atoms with van der Waals surface area (Å²) in [6, 6.07) is 0. The molecule has 67 heavy (non-hydrogen) atoms. The van der Waals surface area contributed by atoms with Crippen LogP contribution in [-0.4, -0.2) is 108 Å². The molecule has 1 fully saturated rings. The normalized spacial score (nSPS) is 21.8. The average molecular weight is 1020 g/mol. The summed E-state index contributed by atoms with van der Waals surface area (Å²) in [5.41, 5.74) is 0. The number of allylic oxidation sites excluding steroid dienone is 4. The van der Waals surface area contributed by atoms with Gasteiger partial charge in [-0.25, -0.2) is 13.7 Å². The van der Waals surface area contributed by atoms with Crippen molar-refractivity contribution in [1.82, 2.24) is 0 Å². The number of esters is 2. The van der Waals surface area contributed by atoms with Gasteiger partial charge in [0.15, 0.2) is 6.10 Å². The van der Waals surface area contributed by atoms with Crippen molar-refractivity contribution in [2.24, 2.45) is 0 Å². The summed E-state index contributed by atoms with van der Waals surface area (Å²) in [5.74, 6) is -1.31. The number of aliphatic hydroxyl groups is 3. The molecule has 0 aromatic rings. The fourth-order valence-corrected chi connectivity index (χ4v) is 9.61. The summed E-state index contributed by atoms with van der Waals surface area (Å²) >= 11 is 0. The van der Waals surface area contributed by atoms with Gasteiger partial charge in [-0.15, -0.1) is 0 Å². The van der Waals surface area contributed by atoms with E-state index in [-0.39, 0.29) is 12.8 Å². The Labute approximate surface area is 398 Å². The van der Waals surface area contributed by atoms with Crippen LogP contribution in [0.4, 0.5) is 0 Å². The molecule has 0 bridgehead atoms. The van der Waals surface area contributed by atoms with Gasteiger partial charge in [0, 0.05) is 12.8 Å². The minimum absolute atomic E-state index is 0.00864. The van der Waals surface area contributed by atoms with E-state index in [1.165, 1.54) is 64.2 Å². The summed E-state index contributed by atoms with van der Waals surface area (Å²) in [5, 5.41) is 31.9. The van der Waals surface area contributed by atoms with Crippen molar-refractivity contribution in [1.29, 1.82) is 0 Å². The highest BCUT2D eigenvalue weighted by atomic mass is 31.2. The summed E-state index contributed by atoms with van der Waals surface area (Å²) in [4.78, 5) is 73.2. The molecule has 0 saturated heterocycles. The average Bonchev–Trinajstić information content (AvgIpc) is 3.25. The van der Waals surface area contributed by atoms with Crippen molar-refractivity contribution in [3.8, 4) is 0 Å². The van der Waals surface area contributed by atoms with Crippen LogP contribution in [0.1, 0.15) is 194 Å². The molecule has 8 N–H and O–H groups in total. The highest BCUT2D eigenvalue weighted by Crippen LogP contribution is 2.51. The lowest BCUT2D eigenvalue weighted by Crippen LogP contribution is -2.65. The lowest BCUT2D eigenvalue weighted by atomic mass is 9.85. The molecule has 1 aliphatic rings. The number of phosphoric acid groups is 3. The van der Waals surface area contributed by atoms with Crippen molar-refractivity contribution in [2.75, 3.05) is 13.2 Å². The lowest BCUT2D eigenvalue weighted by molar-refractivity contribution is -0.213. The molecule has 0 aliphatic heterocycles. The first-order valence-corrected chi connectivity index (χ1v) is 29.2. The first-order valence-electron chi connectivity index (χ1n) is 24.6. The lowest BCUT2D eigenvalue weighted by Gasteiger charge is -2.44. The second kappa shape index (κ2) is 37.4. The maximum Gasteiger partial charge on any atom is 0.472 e. The number of carbonyl (C=O) groups excluding carboxylic acids is 2. The Bertz CT molecular complexity index is 1500. The zero-order valence-corrected chi connectivity index (χ0v) is 42.7. The largest absolute Gasteiger partial charge is 0.472 e. The van der Waals surface area contributed by atoms with E-state index >= 15 is 0 Å². The van der Waals surface area contributed by atoms with Crippen LogP contribution in [0.15, 0.2) is 24.3 Å². The third-order valence-electron chi connectivity index (χ3n) is 11.2. The van der Waals surface area contributed by atoms with E-state index in [1.54, 1.807) is 0 Å². The summed E-state index contributed by atoms with van der Waals surface area (Å²) in [6.07, 6.45) is 20.5. The Morgan fingerprint density at radius 3 is 1.24 bits per heavy atom. The Morgan fingerprint density at radius 1 is 0.463 bits per heavy atom. The number of aliphatic hydroxyl groups excluding tert-OH is 3. The number of unbranched alkanes of at least 4 members (excludes halogenated alkanes) is 22.